The number of hydrogen-bond donors (Lipinski definition) is 2. The highest BCUT2D eigenvalue weighted by Crippen LogP contribution is 2.21. The summed E-state index contributed by atoms with van der Waals surface area (Å²) in [6.45, 7) is 3.39. The van der Waals surface area contributed by atoms with E-state index in [1.165, 1.54) is 25.1 Å². The smallest absolute Gasteiger partial charge is 0.326 e. The molecular formula is C14H18N2O5. The highest BCUT2D eigenvalue weighted by molar-refractivity contribution is 5.98. The lowest BCUT2D eigenvalue weighted by Gasteiger charge is -2.15. The van der Waals surface area contributed by atoms with Gasteiger partial charge in [-0.1, -0.05) is 25.8 Å². The van der Waals surface area contributed by atoms with Crippen LogP contribution in [0.2, 0.25) is 0 Å². The van der Waals surface area contributed by atoms with Gasteiger partial charge < -0.3 is 10.4 Å². The molecule has 114 valence electrons. The Bertz CT molecular complexity index is 556. The van der Waals surface area contributed by atoms with Crippen molar-refractivity contribution in [1.29, 1.82) is 0 Å². The molecule has 0 aliphatic rings. The summed E-state index contributed by atoms with van der Waals surface area (Å²) in [5.74, 6) is -1.72. The van der Waals surface area contributed by atoms with Crippen LogP contribution in [0.5, 0.6) is 0 Å². The fourth-order valence-electron chi connectivity index (χ4n) is 1.97. The van der Waals surface area contributed by atoms with Crippen molar-refractivity contribution in [2.75, 3.05) is 0 Å². The number of benzene rings is 1. The van der Waals surface area contributed by atoms with Crippen LogP contribution in [0.1, 0.15) is 42.1 Å². The molecule has 7 nitrogen and oxygen atoms in total. The van der Waals surface area contributed by atoms with Gasteiger partial charge in [0, 0.05) is 17.2 Å². The number of unbranched alkanes of at least 4 members (excludes halogenated alkanes) is 1. The van der Waals surface area contributed by atoms with Gasteiger partial charge >= 0.3 is 5.97 Å². The first-order chi connectivity index (χ1) is 9.88. The van der Waals surface area contributed by atoms with Gasteiger partial charge in [-0.2, -0.15) is 0 Å². The molecule has 7 heteroatoms. The van der Waals surface area contributed by atoms with Crippen molar-refractivity contribution in [3.63, 3.8) is 0 Å². The number of carboxylic acids is 1. The standard InChI is InChI=1S/C14H18N2O5/c1-3-4-7-11(14(18)19)15-13(17)10-6-5-8-12(9(10)2)16(20)21/h5-6,8,11H,3-4,7H2,1-2H3,(H,15,17)(H,18,19)/t11-/m0/s1. The van der Waals surface area contributed by atoms with E-state index in [-0.39, 0.29) is 16.8 Å². The second-order valence-corrected chi connectivity index (χ2v) is 4.71. The summed E-state index contributed by atoms with van der Waals surface area (Å²) in [6, 6.07) is 3.16. The summed E-state index contributed by atoms with van der Waals surface area (Å²) in [4.78, 5) is 33.5. The quantitative estimate of drug-likeness (QED) is 0.592. The number of carbonyl (C=O) groups is 2. The largest absolute Gasteiger partial charge is 0.480 e. The van der Waals surface area contributed by atoms with E-state index in [1.807, 2.05) is 6.92 Å². The highest BCUT2D eigenvalue weighted by atomic mass is 16.6. The zero-order valence-electron chi connectivity index (χ0n) is 12.0. The van der Waals surface area contributed by atoms with Crippen molar-refractivity contribution >= 4 is 17.6 Å². The molecule has 21 heavy (non-hydrogen) atoms. The summed E-state index contributed by atoms with van der Waals surface area (Å²) in [5, 5.41) is 22.3. The fourth-order valence-corrected chi connectivity index (χ4v) is 1.97. The maximum Gasteiger partial charge on any atom is 0.326 e. The van der Waals surface area contributed by atoms with Crippen molar-refractivity contribution in [3.8, 4) is 0 Å². The van der Waals surface area contributed by atoms with Gasteiger partial charge in [-0.15, -0.1) is 0 Å². The van der Waals surface area contributed by atoms with E-state index < -0.39 is 22.8 Å². The zero-order valence-corrected chi connectivity index (χ0v) is 12.0. The molecule has 0 aliphatic carbocycles. The second kappa shape index (κ2) is 7.37. The van der Waals surface area contributed by atoms with Crippen LogP contribution in [-0.2, 0) is 4.79 Å². The third-order valence-electron chi connectivity index (χ3n) is 3.20. The lowest BCUT2D eigenvalue weighted by atomic mass is 10.0. The van der Waals surface area contributed by atoms with E-state index >= 15 is 0 Å². The number of carboxylic acid groups (broad SMARTS) is 1. The van der Waals surface area contributed by atoms with Gasteiger partial charge in [0.1, 0.15) is 6.04 Å². The topological polar surface area (TPSA) is 110 Å². The lowest BCUT2D eigenvalue weighted by molar-refractivity contribution is -0.385. The van der Waals surface area contributed by atoms with Gasteiger partial charge in [0.15, 0.2) is 0 Å². The monoisotopic (exact) mass is 294 g/mol. The van der Waals surface area contributed by atoms with Crippen molar-refractivity contribution in [2.45, 2.75) is 39.2 Å². The van der Waals surface area contributed by atoms with Gasteiger partial charge in [0.2, 0.25) is 0 Å². The number of rotatable bonds is 7. The van der Waals surface area contributed by atoms with Crippen LogP contribution in [-0.4, -0.2) is 27.9 Å². The van der Waals surface area contributed by atoms with E-state index in [1.54, 1.807) is 0 Å². The molecule has 0 saturated carbocycles. The third-order valence-corrected chi connectivity index (χ3v) is 3.20. The summed E-state index contributed by atoms with van der Waals surface area (Å²) in [6.07, 6.45) is 1.81. The third kappa shape index (κ3) is 4.27. The molecule has 0 aliphatic heterocycles. The molecule has 0 bridgehead atoms. The fraction of sp³-hybridized carbons (Fsp3) is 0.429. The molecule has 0 saturated heterocycles. The van der Waals surface area contributed by atoms with Gasteiger partial charge in [-0.05, 0) is 19.4 Å². The summed E-state index contributed by atoms with van der Waals surface area (Å²) in [5.41, 5.74) is 0.176. The molecule has 0 spiro atoms. The molecule has 2 N–H and O–H groups in total. The SMILES string of the molecule is CCCC[C@H](NC(=O)c1cccc([N+](=O)[O-])c1C)C(=O)O. The number of nitrogens with zero attached hydrogens (tertiary/aromatic N) is 1. The second-order valence-electron chi connectivity index (χ2n) is 4.71. The summed E-state index contributed by atoms with van der Waals surface area (Å²) in [7, 11) is 0. The molecule has 0 heterocycles. The van der Waals surface area contributed by atoms with Crippen molar-refractivity contribution < 1.29 is 19.6 Å². The minimum atomic E-state index is -1.11. The van der Waals surface area contributed by atoms with Gasteiger partial charge in [0.25, 0.3) is 11.6 Å². The predicted octanol–water partition coefficient (Wildman–Crippen LogP) is 2.28. The van der Waals surface area contributed by atoms with Crippen LogP contribution < -0.4 is 5.32 Å². The van der Waals surface area contributed by atoms with E-state index in [4.69, 9.17) is 5.11 Å². The molecule has 1 aromatic carbocycles. The summed E-state index contributed by atoms with van der Waals surface area (Å²) >= 11 is 0. The Balaban J connectivity index is 2.95. The average molecular weight is 294 g/mol. The molecule has 1 amide bonds. The van der Waals surface area contributed by atoms with Crippen LogP contribution >= 0.6 is 0 Å². The number of nitro groups is 1. The Labute approximate surface area is 122 Å². The highest BCUT2D eigenvalue weighted by Gasteiger charge is 2.23. The van der Waals surface area contributed by atoms with E-state index in [9.17, 15) is 19.7 Å². The maximum absolute atomic E-state index is 12.1. The van der Waals surface area contributed by atoms with E-state index in [2.05, 4.69) is 5.32 Å². The Morgan fingerprint density at radius 2 is 2.10 bits per heavy atom. The molecule has 0 radical (unpaired) electrons. The van der Waals surface area contributed by atoms with Crippen molar-refractivity contribution in [1.82, 2.24) is 5.32 Å². The van der Waals surface area contributed by atoms with Crippen molar-refractivity contribution in [3.05, 3.63) is 39.4 Å². The molecule has 0 unspecified atom stereocenters. The molecule has 1 atom stereocenters. The van der Waals surface area contributed by atoms with Crippen LogP contribution in [0, 0.1) is 17.0 Å². The number of carbonyl (C=O) groups excluding carboxylic acids is 1. The first-order valence-corrected chi connectivity index (χ1v) is 6.66. The Kier molecular flexibility index (Phi) is 5.83. The van der Waals surface area contributed by atoms with Crippen LogP contribution in [0.25, 0.3) is 0 Å². The van der Waals surface area contributed by atoms with Gasteiger partial charge in [0.05, 0.1) is 4.92 Å². The van der Waals surface area contributed by atoms with Crippen LogP contribution in [0.4, 0.5) is 5.69 Å². The number of aliphatic carboxylic acids is 1. The molecular weight excluding hydrogens is 276 g/mol. The molecule has 0 aromatic heterocycles. The minimum Gasteiger partial charge on any atom is -0.480 e. The first kappa shape index (κ1) is 16.6. The minimum absolute atomic E-state index is 0.118. The van der Waals surface area contributed by atoms with Crippen LogP contribution in [0.3, 0.4) is 0 Å². The van der Waals surface area contributed by atoms with Crippen molar-refractivity contribution in [2.24, 2.45) is 0 Å². The summed E-state index contributed by atoms with van der Waals surface area (Å²) < 4.78 is 0. The number of hydrogen-bond acceptors (Lipinski definition) is 4. The molecule has 1 rings (SSSR count). The predicted molar refractivity (Wildman–Crippen MR) is 76.2 cm³/mol. The Morgan fingerprint density at radius 1 is 1.43 bits per heavy atom. The normalized spacial score (nSPS) is 11.7. The van der Waals surface area contributed by atoms with Gasteiger partial charge in [-0.25, -0.2) is 4.79 Å². The molecule has 1 aromatic rings. The zero-order chi connectivity index (χ0) is 16.0. The van der Waals surface area contributed by atoms with Crippen LogP contribution in [0.15, 0.2) is 18.2 Å². The first-order valence-electron chi connectivity index (χ1n) is 6.66. The van der Waals surface area contributed by atoms with E-state index in [0.29, 0.717) is 12.8 Å². The Morgan fingerprint density at radius 3 is 2.62 bits per heavy atom. The number of amides is 1. The Hall–Kier alpha value is -2.44. The van der Waals surface area contributed by atoms with E-state index in [0.717, 1.165) is 6.42 Å². The molecule has 0 fully saturated rings. The van der Waals surface area contributed by atoms with Gasteiger partial charge in [-0.3, -0.25) is 14.9 Å². The maximum atomic E-state index is 12.1. The average Bonchev–Trinajstić information content (AvgIpc) is 2.42. The number of nitrogens with one attached hydrogen (secondary N) is 1. The number of nitro benzene ring substituents is 1. The lowest BCUT2D eigenvalue weighted by Crippen LogP contribution is -2.41.